The third-order valence-electron chi connectivity index (χ3n) is 1.39. The van der Waals surface area contributed by atoms with Gasteiger partial charge in [0.05, 0.1) is 0 Å². The average molecular weight is 150 g/mol. The van der Waals surface area contributed by atoms with Gasteiger partial charge in [-0.05, 0) is 12.0 Å². The van der Waals surface area contributed by atoms with Crippen LogP contribution in [0.1, 0.15) is 19.8 Å². The Morgan fingerprint density at radius 3 is 2.55 bits per heavy atom. The highest BCUT2D eigenvalue weighted by Gasteiger charge is 1.94. The van der Waals surface area contributed by atoms with Gasteiger partial charge in [0.15, 0.2) is 0 Å². The van der Waals surface area contributed by atoms with Gasteiger partial charge in [0.25, 0.3) is 0 Å². The van der Waals surface area contributed by atoms with E-state index in [9.17, 15) is 4.79 Å². The summed E-state index contributed by atoms with van der Waals surface area (Å²) >= 11 is 0. The molecule has 0 atom stereocenters. The number of carbonyl (C=O) groups is 1. The molecule has 11 heavy (non-hydrogen) atoms. The molecule has 0 N–H and O–H groups in total. The van der Waals surface area contributed by atoms with Crippen LogP contribution in [0.25, 0.3) is 0 Å². The molecule has 0 aliphatic carbocycles. The maximum Gasteiger partial charge on any atom is 0.150 e. The predicted molar refractivity (Wildman–Crippen MR) is 48.4 cm³/mol. The molecule has 60 valence electrons. The van der Waals surface area contributed by atoms with E-state index in [4.69, 9.17) is 0 Å². The summed E-state index contributed by atoms with van der Waals surface area (Å²) in [5, 5.41) is 0. The monoisotopic (exact) mass is 150 g/mol. The summed E-state index contributed by atoms with van der Waals surface area (Å²) in [6, 6.07) is 0. The van der Waals surface area contributed by atoms with Crippen LogP contribution in [-0.4, -0.2) is 6.29 Å². The number of aldehydes is 1. The van der Waals surface area contributed by atoms with Crippen molar-refractivity contribution in [3.05, 3.63) is 36.5 Å². The lowest BCUT2D eigenvalue weighted by molar-refractivity contribution is -0.104. The number of rotatable bonds is 5. The summed E-state index contributed by atoms with van der Waals surface area (Å²) in [5.41, 5.74) is 1.36. The molecule has 1 heteroatoms. The fourth-order valence-corrected chi connectivity index (χ4v) is 0.713. The van der Waals surface area contributed by atoms with Gasteiger partial charge in [0, 0.05) is 5.57 Å². The van der Waals surface area contributed by atoms with Crippen LogP contribution in [0.4, 0.5) is 0 Å². The van der Waals surface area contributed by atoms with Crippen LogP contribution in [0.5, 0.6) is 0 Å². The number of allylic oxidation sites excluding steroid dienone is 4. The van der Waals surface area contributed by atoms with E-state index in [-0.39, 0.29) is 0 Å². The Kier molecular flexibility index (Phi) is 5.09. The van der Waals surface area contributed by atoms with Crippen molar-refractivity contribution in [2.75, 3.05) is 0 Å². The van der Waals surface area contributed by atoms with E-state index < -0.39 is 0 Å². The summed E-state index contributed by atoms with van der Waals surface area (Å²) in [6.07, 6.45) is 6.43. The molecule has 0 heterocycles. The number of hydrogen-bond donors (Lipinski definition) is 0. The minimum atomic E-state index is 0.508. The van der Waals surface area contributed by atoms with Crippen LogP contribution < -0.4 is 0 Å². The van der Waals surface area contributed by atoms with Crippen LogP contribution in [0.2, 0.25) is 0 Å². The third-order valence-corrected chi connectivity index (χ3v) is 1.39. The van der Waals surface area contributed by atoms with E-state index in [1.165, 1.54) is 0 Å². The third kappa shape index (κ3) is 3.56. The van der Waals surface area contributed by atoms with E-state index in [1.807, 2.05) is 6.08 Å². The van der Waals surface area contributed by atoms with Crippen molar-refractivity contribution in [3.8, 4) is 0 Å². The molecular weight excluding hydrogens is 136 g/mol. The Morgan fingerprint density at radius 1 is 1.55 bits per heavy atom. The zero-order valence-corrected chi connectivity index (χ0v) is 6.97. The van der Waals surface area contributed by atoms with Gasteiger partial charge in [-0.2, -0.15) is 0 Å². The molecule has 0 aromatic heterocycles. The smallest absolute Gasteiger partial charge is 0.150 e. The molecule has 0 rings (SSSR count). The summed E-state index contributed by atoms with van der Waals surface area (Å²) in [4.78, 5) is 10.3. The fourth-order valence-electron chi connectivity index (χ4n) is 0.713. The molecule has 0 saturated heterocycles. The fraction of sp³-hybridized carbons (Fsp3) is 0.300. The first-order valence-electron chi connectivity index (χ1n) is 3.73. The van der Waals surface area contributed by atoms with Gasteiger partial charge in [0.1, 0.15) is 6.29 Å². The van der Waals surface area contributed by atoms with Gasteiger partial charge < -0.3 is 0 Å². The van der Waals surface area contributed by atoms with Gasteiger partial charge in [-0.3, -0.25) is 4.79 Å². The maximum atomic E-state index is 10.3. The number of unbranched alkanes of at least 4 members (excludes halogenated alkanes) is 1. The molecular formula is C10H14O. The second kappa shape index (κ2) is 5.66. The van der Waals surface area contributed by atoms with Gasteiger partial charge in [-0.25, -0.2) is 0 Å². The molecule has 0 spiro atoms. The SMILES string of the molecule is C=C/C(=C\CCC)C(=C)C=O. The predicted octanol–water partition coefficient (Wildman–Crippen LogP) is 2.65. The second-order valence-corrected chi connectivity index (χ2v) is 2.30. The topological polar surface area (TPSA) is 17.1 Å². The molecule has 0 unspecified atom stereocenters. The van der Waals surface area contributed by atoms with E-state index in [0.717, 1.165) is 24.7 Å². The Hall–Kier alpha value is -1.11. The van der Waals surface area contributed by atoms with E-state index in [1.54, 1.807) is 6.08 Å². The average Bonchev–Trinajstić information content (AvgIpc) is 2.05. The lowest BCUT2D eigenvalue weighted by Gasteiger charge is -1.96. The van der Waals surface area contributed by atoms with Gasteiger partial charge in [-0.15, -0.1) is 0 Å². The molecule has 0 amide bonds. The maximum absolute atomic E-state index is 10.3. The summed E-state index contributed by atoms with van der Waals surface area (Å²) in [5.74, 6) is 0. The molecule has 0 aromatic carbocycles. The van der Waals surface area contributed by atoms with Crippen LogP contribution in [0.15, 0.2) is 36.5 Å². The van der Waals surface area contributed by atoms with Crippen LogP contribution in [-0.2, 0) is 4.79 Å². The Balaban J connectivity index is 4.25. The van der Waals surface area contributed by atoms with Crippen molar-refractivity contribution in [3.63, 3.8) is 0 Å². The van der Waals surface area contributed by atoms with Gasteiger partial charge in [-0.1, -0.05) is 38.7 Å². The zero-order chi connectivity index (χ0) is 8.69. The summed E-state index contributed by atoms with van der Waals surface area (Å²) in [6.45, 7) is 9.27. The first-order valence-corrected chi connectivity index (χ1v) is 3.73. The van der Waals surface area contributed by atoms with Crippen molar-refractivity contribution < 1.29 is 4.79 Å². The van der Waals surface area contributed by atoms with E-state index in [0.29, 0.717) is 5.57 Å². The molecule has 0 aliphatic rings. The second-order valence-electron chi connectivity index (χ2n) is 2.30. The first kappa shape index (κ1) is 9.89. The highest BCUT2D eigenvalue weighted by atomic mass is 16.1. The van der Waals surface area contributed by atoms with Gasteiger partial charge in [0.2, 0.25) is 0 Å². The van der Waals surface area contributed by atoms with Crippen molar-refractivity contribution >= 4 is 6.29 Å². The Labute approximate surface area is 68.1 Å². The molecule has 0 radical (unpaired) electrons. The zero-order valence-electron chi connectivity index (χ0n) is 6.97. The van der Waals surface area contributed by atoms with Crippen molar-refractivity contribution in [1.82, 2.24) is 0 Å². The Bertz CT molecular complexity index is 187. The van der Waals surface area contributed by atoms with Gasteiger partial charge >= 0.3 is 0 Å². The highest BCUT2D eigenvalue weighted by Crippen LogP contribution is 2.07. The largest absolute Gasteiger partial charge is 0.298 e. The number of carbonyl (C=O) groups excluding carboxylic acids is 1. The molecule has 0 aliphatic heterocycles. The van der Waals surface area contributed by atoms with Crippen molar-refractivity contribution in [1.29, 1.82) is 0 Å². The standard InChI is InChI=1S/C10H14O/c1-4-6-7-10(5-2)9(3)8-11/h5,7-8H,2-4,6H2,1H3/b10-7+. The quantitative estimate of drug-likeness (QED) is 0.334. The minimum absolute atomic E-state index is 0.508. The van der Waals surface area contributed by atoms with Crippen LogP contribution in [0.3, 0.4) is 0 Å². The number of hydrogen-bond acceptors (Lipinski definition) is 1. The lowest BCUT2D eigenvalue weighted by atomic mass is 10.1. The van der Waals surface area contributed by atoms with E-state index >= 15 is 0 Å². The Morgan fingerprint density at radius 2 is 2.18 bits per heavy atom. The van der Waals surface area contributed by atoms with Crippen molar-refractivity contribution in [2.45, 2.75) is 19.8 Å². The molecule has 0 bridgehead atoms. The molecule has 0 aromatic rings. The highest BCUT2D eigenvalue weighted by molar-refractivity contribution is 5.80. The molecule has 0 saturated carbocycles. The summed E-state index contributed by atoms with van der Waals surface area (Å²) < 4.78 is 0. The first-order chi connectivity index (χ1) is 5.26. The summed E-state index contributed by atoms with van der Waals surface area (Å²) in [7, 11) is 0. The van der Waals surface area contributed by atoms with E-state index in [2.05, 4.69) is 20.1 Å². The van der Waals surface area contributed by atoms with Crippen LogP contribution >= 0.6 is 0 Å². The minimum Gasteiger partial charge on any atom is -0.298 e. The normalized spacial score (nSPS) is 10.8. The lowest BCUT2D eigenvalue weighted by Crippen LogP contribution is -1.85. The molecule has 0 fully saturated rings. The molecule has 1 nitrogen and oxygen atoms in total. The van der Waals surface area contributed by atoms with Crippen molar-refractivity contribution in [2.24, 2.45) is 0 Å². The van der Waals surface area contributed by atoms with Crippen LogP contribution in [0, 0.1) is 0 Å².